The lowest BCUT2D eigenvalue weighted by atomic mass is 9.84. The van der Waals surface area contributed by atoms with Gasteiger partial charge in [-0.2, -0.15) is 0 Å². The van der Waals surface area contributed by atoms with Gasteiger partial charge in [0.1, 0.15) is 0 Å². The molecule has 4 N–H and O–H groups in total. The maximum absolute atomic E-state index is 12.2. The first-order valence-corrected chi connectivity index (χ1v) is 6.37. The average Bonchev–Trinajstić information content (AvgIpc) is 2.92. The fourth-order valence-corrected chi connectivity index (χ4v) is 3.42. The summed E-state index contributed by atoms with van der Waals surface area (Å²) in [6, 6.07) is 3.08. The minimum absolute atomic E-state index is 0.0115. The van der Waals surface area contributed by atoms with Gasteiger partial charge in [-0.3, -0.25) is 4.79 Å². The van der Waals surface area contributed by atoms with Gasteiger partial charge in [-0.25, -0.2) is 4.98 Å². The summed E-state index contributed by atoms with van der Waals surface area (Å²) in [6.45, 7) is 0. The maximum Gasteiger partial charge on any atom is 0.230 e. The number of aromatic nitrogens is 1. The number of anilines is 1. The van der Waals surface area contributed by atoms with Crippen LogP contribution >= 0.6 is 0 Å². The standard InChI is InChI=1S/C13H17N3O2/c14-11-8-4-3-7(6-8)10(11)13(18)16-12-9(17)2-1-5-15-12/h1-2,5,7-8,10-11,17H,3-4,6,14H2,(H,15,16,18). The molecule has 0 aromatic carbocycles. The number of pyridine rings is 1. The second-order valence-electron chi connectivity index (χ2n) is 5.30. The van der Waals surface area contributed by atoms with Gasteiger partial charge in [0.25, 0.3) is 0 Å². The van der Waals surface area contributed by atoms with E-state index in [2.05, 4.69) is 10.3 Å². The Kier molecular flexibility index (Phi) is 2.70. The Balaban J connectivity index is 1.74. The SMILES string of the molecule is NC1C2CCC(C2)C1C(=O)Nc1ncccc1O. The van der Waals surface area contributed by atoms with Gasteiger partial charge in [0.05, 0.1) is 5.92 Å². The lowest BCUT2D eigenvalue weighted by Crippen LogP contribution is -2.42. The third kappa shape index (κ3) is 1.75. The zero-order valence-corrected chi connectivity index (χ0v) is 10.0. The zero-order valence-electron chi connectivity index (χ0n) is 10.0. The lowest BCUT2D eigenvalue weighted by molar-refractivity contribution is -0.121. The van der Waals surface area contributed by atoms with Crippen molar-refractivity contribution in [1.29, 1.82) is 0 Å². The normalized spacial score (nSPS) is 33.6. The third-order valence-electron chi connectivity index (χ3n) is 4.31. The molecule has 3 rings (SSSR count). The van der Waals surface area contributed by atoms with E-state index in [0.29, 0.717) is 11.8 Å². The molecular weight excluding hydrogens is 230 g/mol. The van der Waals surface area contributed by atoms with Crippen molar-refractivity contribution < 1.29 is 9.90 Å². The summed E-state index contributed by atoms with van der Waals surface area (Å²) in [5.74, 6) is 0.854. The van der Waals surface area contributed by atoms with Crippen molar-refractivity contribution in [1.82, 2.24) is 4.98 Å². The van der Waals surface area contributed by atoms with E-state index in [1.54, 1.807) is 6.07 Å². The van der Waals surface area contributed by atoms with Crippen LogP contribution in [0.5, 0.6) is 5.75 Å². The van der Waals surface area contributed by atoms with Crippen molar-refractivity contribution in [2.45, 2.75) is 25.3 Å². The van der Waals surface area contributed by atoms with Crippen molar-refractivity contribution in [3.63, 3.8) is 0 Å². The van der Waals surface area contributed by atoms with Gasteiger partial charge in [0, 0.05) is 12.2 Å². The van der Waals surface area contributed by atoms with E-state index in [9.17, 15) is 9.90 Å². The van der Waals surface area contributed by atoms with Crippen LogP contribution < -0.4 is 11.1 Å². The molecule has 4 atom stereocenters. The minimum Gasteiger partial charge on any atom is -0.504 e. The Morgan fingerprint density at radius 3 is 2.89 bits per heavy atom. The van der Waals surface area contributed by atoms with Gasteiger partial charge in [-0.15, -0.1) is 0 Å². The monoisotopic (exact) mass is 247 g/mol. The van der Waals surface area contributed by atoms with E-state index >= 15 is 0 Å². The topological polar surface area (TPSA) is 88.2 Å². The highest BCUT2D eigenvalue weighted by molar-refractivity contribution is 5.93. The maximum atomic E-state index is 12.2. The molecule has 5 nitrogen and oxygen atoms in total. The Bertz CT molecular complexity index is 475. The number of hydrogen-bond donors (Lipinski definition) is 3. The van der Waals surface area contributed by atoms with Crippen LogP contribution in [0.4, 0.5) is 5.82 Å². The Labute approximate surface area is 105 Å². The van der Waals surface area contributed by atoms with Crippen LogP contribution in [-0.2, 0) is 4.79 Å². The van der Waals surface area contributed by atoms with Gasteiger partial charge in [0.2, 0.25) is 5.91 Å². The number of carbonyl (C=O) groups is 1. The van der Waals surface area contributed by atoms with Crippen molar-refractivity contribution in [2.24, 2.45) is 23.5 Å². The first-order chi connectivity index (χ1) is 8.66. The second kappa shape index (κ2) is 4.24. The largest absolute Gasteiger partial charge is 0.504 e. The van der Waals surface area contributed by atoms with Crippen LogP contribution in [-0.4, -0.2) is 22.0 Å². The highest BCUT2D eigenvalue weighted by Gasteiger charge is 2.49. The number of carbonyl (C=O) groups excluding carboxylic acids is 1. The molecule has 0 saturated heterocycles. The highest BCUT2D eigenvalue weighted by Crippen LogP contribution is 2.47. The van der Waals surface area contributed by atoms with Gasteiger partial charge < -0.3 is 16.2 Å². The Morgan fingerprint density at radius 2 is 2.22 bits per heavy atom. The molecule has 96 valence electrons. The van der Waals surface area contributed by atoms with E-state index in [4.69, 9.17) is 5.73 Å². The molecule has 2 saturated carbocycles. The number of nitrogens with two attached hydrogens (primary N) is 1. The van der Waals surface area contributed by atoms with E-state index in [-0.39, 0.29) is 29.4 Å². The quantitative estimate of drug-likeness (QED) is 0.730. The molecule has 1 amide bonds. The van der Waals surface area contributed by atoms with Crippen molar-refractivity contribution in [3.8, 4) is 5.75 Å². The molecule has 18 heavy (non-hydrogen) atoms. The zero-order chi connectivity index (χ0) is 12.7. The molecule has 1 heterocycles. The third-order valence-corrected chi connectivity index (χ3v) is 4.31. The number of nitrogens with zero attached hydrogens (tertiary/aromatic N) is 1. The van der Waals surface area contributed by atoms with Crippen molar-refractivity contribution in [3.05, 3.63) is 18.3 Å². The summed E-state index contributed by atoms with van der Waals surface area (Å²) in [6.07, 6.45) is 4.83. The van der Waals surface area contributed by atoms with Crippen LogP contribution in [0.2, 0.25) is 0 Å². The van der Waals surface area contributed by atoms with Gasteiger partial charge in [-0.1, -0.05) is 0 Å². The first-order valence-electron chi connectivity index (χ1n) is 6.37. The number of aromatic hydroxyl groups is 1. The molecule has 1 aromatic rings. The average molecular weight is 247 g/mol. The van der Waals surface area contributed by atoms with Gasteiger partial charge in [0.15, 0.2) is 11.6 Å². The molecule has 2 aliphatic carbocycles. The summed E-state index contributed by atoms with van der Waals surface area (Å²) >= 11 is 0. The number of hydrogen-bond acceptors (Lipinski definition) is 4. The second-order valence-corrected chi connectivity index (χ2v) is 5.30. The van der Waals surface area contributed by atoms with Crippen molar-refractivity contribution in [2.75, 3.05) is 5.32 Å². The predicted molar refractivity (Wildman–Crippen MR) is 66.8 cm³/mol. The number of amides is 1. The van der Waals surface area contributed by atoms with Crippen LogP contribution in [0.15, 0.2) is 18.3 Å². The molecular formula is C13H17N3O2. The van der Waals surface area contributed by atoms with E-state index in [0.717, 1.165) is 19.3 Å². The Hall–Kier alpha value is -1.62. The molecule has 0 spiro atoms. The van der Waals surface area contributed by atoms with E-state index < -0.39 is 0 Å². The predicted octanol–water partition coefficient (Wildman–Crippen LogP) is 1.10. The summed E-state index contributed by atoms with van der Waals surface area (Å²) < 4.78 is 0. The summed E-state index contributed by atoms with van der Waals surface area (Å²) in [4.78, 5) is 16.2. The minimum atomic E-state index is -0.134. The molecule has 2 fully saturated rings. The molecule has 0 radical (unpaired) electrons. The van der Waals surface area contributed by atoms with Crippen LogP contribution in [0.3, 0.4) is 0 Å². The summed E-state index contributed by atoms with van der Waals surface area (Å²) in [5.41, 5.74) is 6.11. The van der Waals surface area contributed by atoms with Crippen LogP contribution in [0, 0.1) is 17.8 Å². The summed E-state index contributed by atoms with van der Waals surface area (Å²) in [7, 11) is 0. The number of rotatable bonds is 2. The first kappa shape index (κ1) is 11.5. The highest BCUT2D eigenvalue weighted by atomic mass is 16.3. The number of nitrogens with one attached hydrogen (secondary N) is 1. The molecule has 5 heteroatoms. The van der Waals surface area contributed by atoms with Crippen LogP contribution in [0.1, 0.15) is 19.3 Å². The molecule has 1 aromatic heterocycles. The molecule has 4 unspecified atom stereocenters. The van der Waals surface area contributed by atoms with Crippen molar-refractivity contribution >= 4 is 11.7 Å². The molecule has 2 bridgehead atoms. The van der Waals surface area contributed by atoms with E-state index in [1.165, 1.54) is 12.3 Å². The van der Waals surface area contributed by atoms with Crippen LogP contribution in [0.25, 0.3) is 0 Å². The fraction of sp³-hybridized carbons (Fsp3) is 0.538. The number of fused-ring (bicyclic) bond motifs is 2. The smallest absolute Gasteiger partial charge is 0.230 e. The summed E-state index contributed by atoms with van der Waals surface area (Å²) in [5, 5.41) is 12.3. The Morgan fingerprint density at radius 1 is 1.44 bits per heavy atom. The lowest BCUT2D eigenvalue weighted by Gasteiger charge is -2.26. The van der Waals surface area contributed by atoms with Gasteiger partial charge in [-0.05, 0) is 43.2 Å². The van der Waals surface area contributed by atoms with E-state index in [1.807, 2.05) is 0 Å². The molecule has 0 aliphatic heterocycles. The molecule has 2 aliphatic rings. The fourth-order valence-electron chi connectivity index (χ4n) is 3.42. The van der Waals surface area contributed by atoms with Gasteiger partial charge >= 0.3 is 0 Å².